The van der Waals surface area contributed by atoms with E-state index in [2.05, 4.69) is 5.32 Å². The van der Waals surface area contributed by atoms with E-state index in [0.29, 0.717) is 24.7 Å². The third kappa shape index (κ3) is 4.20. The second-order valence-corrected chi connectivity index (χ2v) is 5.84. The minimum Gasteiger partial charge on any atom is -0.492 e. The second-order valence-electron chi connectivity index (χ2n) is 5.84. The predicted octanol–water partition coefficient (Wildman–Crippen LogP) is 1.99. The van der Waals surface area contributed by atoms with E-state index < -0.39 is 5.54 Å². The fourth-order valence-corrected chi connectivity index (χ4v) is 2.89. The lowest BCUT2D eigenvalue weighted by molar-refractivity contribution is -0.127. The number of halogens is 1. The number of carbonyl (C=O) groups is 1. The Balaban J connectivity index is 0.00000192. The summed E-state index contributed by atoms with van der Waals surface area (Å²) in [6, 6.07) is 5.42. The third-order valence-corrected chi connectivity index (χ3v) is 4.20. The molecule has 23 heavy (non-hydrogen) atoms. The minimum atomic E-state index is -0.697. The summed E-state index contributed by atoms with van der Waals surface area (Å²) in [5.74, 6) is 2.03. The molecule has 0 radical (unpaired) electrons. The maximum atomic E-state index is 12.2. The van der Waals surface area contributed by atoms with Gasteiger partial charge < -0.3 is 25.3 Å². The van der Waals surface area contributed by atoms with Crippen LogP contribution < -0.4 is 25.3 Å². The van der Waals surface area contributed by atoms with Crippen molar-refractivity contribution < 1.29 is 19.0 Å². The molecule has 128 valence electrons. The van der Waals surface area contributed by atoms with Gasteiger partial charge in [0.15, 0.2) is 11.5 Å². The molecule has 0 atom stereocenters. The second kappa shape index (κ2) is 7.75. The van der Waals surface area contributed by atoms with Crippen LogP contribution in [0.4, 0.5) is 0 Å². The quantitative estimate of drug-likeness (QED) is 0.800. The van der Waals surface area contributed by atoms with Gasteiger partial charge in [-0.15, -0.1) is 12.4 Å². The number of nitrogens with one attached hydrogen (secondary N) is 1. The lowest BCUT2D eigenvalue weighted by atomic mass is 9.82. The van der Waals surface area contributed by atoms with Crippen molar-refractivity contribution in [3.05, 3.63) is 18.2 Å². The molecule has 2 aliphatic rings. The molecule has 0 bridgehead atoms. The van der Waals surface area contributed by atoms with Crippen LogP contribution in [-0.2, 0) is 4.79 Å². The molecule has 1 aliphatic carbocycles. The molecule has 1 fully saturated rings. The molecule has 1 aromatic carbocycles. The molecule has 0 unspecified atom stereocenters. The summed E-state index contributed by atoms with van der Waals surface area (Å²) in [6.45, 7) is 1.07. The van der Waals surface area contributed by atoms with Gasteiger partial charge in [0.25, 0.3) is 0 Å². The van der Waals surface area contributed by atoms with Crippen LogP contribution in [0.15, 0.2) is 18.2 Å². The van der Waals surface area contributed by atoms with Gasteiger partial charge in [0.05, 0.1) is 12.1 Å². The first-order valence-electron chi connectivity index (χ1n) is 7.77. The van der Waals surface area contributed by atoms with Crippen LogP contribution in [0.2, 0.25) is 0 Å². The average Bonchev–Trinajstić information content (AvgIpc) is 2.99. The van der Waals surface area contributed by atoms with Crippen LogP contribution in [0.25, 0.3) is 0 Å². The highest BCUT2D eigenvalue weighted by molar-refractivity contribution is 5.86. The summed E-state index contributed by atoms with van der Waals surface area (Å²) in [7, 11) is 0. The van der Waals surface area contributed by atoms with Crippen LogP contribution >= 0.6 is 12.4 Å². The standard InChI is InChI=1S/C16H22N2O4.ClH/c17-16(6-2-1-3-7-16)15(19)18-8-9-20-12-4-5-13-14(10-12)22-11-21-13;/h4-5,10H,1-3,6-9,11,17H2,(H,18,19);1H. The SMILES string of the molecule is Cl.NC1(C(=O)NCCOc2ccc3c(c2)OCO3)CCCCC1. The van der Waals surface area contributed by atoms with Crippen molar-refractivity contribution in [3.8, 4) is 17.2 Å². The van der Waals surface area contributed by atoms with Crippen LogP contribution in [0.1, 0.15) is 32.1 Å². The van der Waals surface area contributed by atoms with E-state index in [4.69, 9.17) is 19.9 Å². The van der Waals surface area contributed by atoms with E-state index in [-0.39, 0.29) is 25.1 Å². The zero-order chi connectivity index (χ0) is 15.4. The number of benzene rings is 1. The Hall–Kier alpha value is -1.66. The van der Waals surface area contributed by atoms with E-state index in [1.165, 1.54) is 6.42 Å². The molecule has 1 heterocycles. The van der Waals surface area contributed by atoms with E-state index in [1.807, 2.05) is 12.1 Å². The summed E-state index contributed by atoms with van der Waals surface area (Å²) in [5.41, 5.74) is 5.48. The number of carbonyl (C=O) groups excluding carboxylic acids is 1. The average molecular weight is 343 g/mol. The third-order valence-electron chi connectivity index (χ3n) is 4.20. The summed E-state index contributed by atoms with van der Waals surface area (Å²) >= 11 is 0. The van der Waals surface area contributed by atoms with E-state index in [1.54, 1.807) is 6.07 Å². The van der Waals surface area contributed by atoms with Crippen molar-refractivity contribution in [2.45, 2.75) is 37.6 Å². The van der Waals surface area contributed by atoms with Crippen molar-refractivity contribution in [2.75, 3.05) is 19.9 Å². The fourth-order valence-electron chi connectivity index (χ4n) is 2.89. The number of hydrogen-bond donors (Lipinski definition) is 2. The van der Waals surface area contributed by atoms with Crippen LogP contribution in [0, 0.1) is 0 Å². The molecule has 0 aromatic heterocycles. The Labute approximate surface area is 142 Å². The zero-order valence-electron chi connectivity index (χ0n) is 13.0. The first-order chi connectivity index (χ1) is 10.7. The van der Waals surface area contributed by atoms with Crippen LogP contribution in [0.3, 0.4) is 0 Å². The van der Waals surface area contributed by atoms with Gasteiger partial charge in [-0.1, -0.05) is 19.3 Å². The number of amides is 1. The molecule has 1 saturated carbocycles. The molecule has 6 nitrogen and oxygen atoms in total. The highest BCUT2D eigenvalue weighted by atomic mass is 35.5. The molecular formula is C16H23ClN2O4. The maximum absolute atomic E-state index is 12.2. The van der Waals surface area contributed by atoms with Gasteiger partial charge in [-0.25, -0.2) is 0 Å². The first kappa shape index (κ1) is 17.7. The molecule has 1 aliphatic heterocycles. The number of hydrogen-bond acceptors (Lipinski definition) is 5. The smallest absolute Gasteiger partial charge is 0.240 e. The predicted molar refractivity (Wildman–Crippen MR) is 88.3 cm³/mol. The largest absolute Gasteiger partial charge is 0.492 e. The Morgan fingerprint density at radius 3 is 2.74 bits per heavy atom. The van der Waals surface area contributed by atoms with Gasteiger partial charge in [0.1, 0.15) is 12.4 Å². The molecule has 3 N–H and O–H groups in total. The molecular weight excluding hydrogens is 320 g/mol. The molecule has 0 saturated heterocycles. The molecule has 0 spiro atoms. The van der Waals surface area contributed by atoms with Crippen LogP contribution in [-0.4, -0.2) is 31.4 Å². The fraction of sp³-hybridized carbons (Fsp3) is 0.562. The Bertz CT molecular complexity index is 547. The number of rotatable bonds is 5. The summed E-state index contributed by atoms with van der Waals surface area (Å²) < 4.78 is 16.1. The first-order valence-corrected chi connectivity index (χ1v) is 7.77. The molecule has 1 aromatic rings. The highest BCUT2D eigenvalue weighted by Crippen LogP contribution is 2.35. The van der Waals surface area contributed by atoms with Crippen molar-refractivity contribution in [1.29, 1.82) is 0 Å². The zero-order valence-corrected chi connectivity index (χ0v) is 13.8. The molecule has 3 rings (SSSR count). The Morgan fingerprint density at radius 1 is 1.22 bits per heavy atom. The summed E-state index contributed by atoms with van der Waals surface area (Å²) in [4.78, 5) is 12.2. The highest BCUT2D eigenvalue weighted by Gasteiger charge is 2.34. The van der Waals surface area contributed by atoms with Crippen molar-refractivity contribution in [2.24, 2.45) is 5.73 Å². The molecule has 1 amide bonds. The topological polar surface area (TPSA) is 82.8 Å². The summed E-state index contributed by atoms with van der Waals surface area (Å²) in [5, 5.41) is 2.87. The van der Waals surface area contributed by atoms with Gasteiger partial charge in [-0.05, 0) is 25.0 Å². The monoisotopic (exact) mass is 342 g/mol. The maximum Gasteiger partial charge on any atom is 0.240 e. The number of fused-ring (bicyclic) bond motifs is 1. The van der Waals surface area contributed by atoms with E-state index in [9.17, 15) is 4.79 Å². The normalized spacial score (nSPS) is 18.0. The van der Waals surface area contributed by atoms with Gasteiger partial charge in [0.2, 0.25) is 12.7 Å². The lowest BCUT2D eigenvalue weighted by Crippen LogP contribution is -2.55. The van der Waals surface area contributed by atoms with Gasteiger partial charge >= 0.3 is 0 Å². The summed E-state index contributed by atoms with van der Waals surface area (Å²) in [6.07, 6.45) is 4.75. The van der Waals surface area contributed by atoms with Crippen molar-refractivity contribution in [3.63, 3.8) is 0 Å². The van der Waals surface area contributed by atoms with E-state index >= 15 is 0 Å². The van der Waals surface area contributed by atoms with Crippen molar-refractivity contribution in [1.82, 2.24) is 5.32 Å². The van der Waals surface area contributed by atoms with E-state index in [0.717, 1.165) is 31.4 Å². The van der Waals surface area contributed by atoms with Crippen LogP contribution in [0.5, 0.6) is 17.2 Å². The Morgan fingerprint density at radius 2 is 1.96 bits per heavy atom. The number of nitrogens with two attached hydrogens (primary N) is 1. The number of ether oxygens (including phenoxy) is 3. The van der Waals surface area contributed by atoms with Crippen molar-refractivity contribution >= 4 is 18.3 Å². The Kier molecular flexibility index (Phi) is 5.96. The van der Waals surface area contributed by atoms with Gasteiger partial charge in [0, 0.05) is 6.07 Å². The lowest BCUT2D eigenvalue weighted by Gasteiger charge is -2.31. The van der Waals surface area contributed by atoms with Gasteiger partial charge in [-0.2, -0.15) is 0 Å². The molecule has 7 heteroatoms. The van der Waals surface area contributed by atoms with Gasteiger partial charge in [-0.3, -0.25) is 4.79 Å². The minimum absolute atomic E-state index is 0.